The SMILES string of the molecule is CC(C)C1=CC(N)CC(C)(C)C1. The van der Waals surface area contributed by atoms with E-state index in [-0.39, 0.29) is 6.04 Å². The Hall–Kier alpha value is -0.300. The molecule has 12 heavy (non-hydrogen) atoms. The summed E-state index contributed by atoms with van der Waals surface area (Å²) in [6, 6.07) is 0.283. The maximum Gasteiger partial charge on any atom is 0.0231 e. The van der Waals surface area contributed by atoms with Gasteiger partial charge in [0.1, 0.15) is 0 Å². The Labute approximate surface area is 76.0 Å². The molecule has 1 aliphatic carbocycles. The van der Waals surface area contributed by atoms with Gasteiger partial charge in [-0.2, -0.15) is 0 Å². The molecule has 0 aliphatic heterocycles. The Morgan fingerprint density at radius 3 is 2.50 bits per heavy atom. The van der Waals surface area contributed by atoms with E-state index < -0.39 is 0 Å². The summed E-state index contributed by atoms with van der Waals surface area (Å²) in [6.07, 6.45) is 4.61. The van der Waals surface area contributed by atoms with Gasteiger partial charge >= 0.3 is 0 Å². The number of allylic oxidation sites excluding steroid dienone is 1. The lowest BCUT2D eigenvalue weighted by Crippen LogP contribution is -2.31. The van der Waals surface area contributed by atoms with Gasteiger partial charge in [0.2, 0.25) is 0 Å². The van der Waals surface area contributed by atoms with Crippen LogP contribution in [-0.2, 0) is 0 Å². The highest BCUT2D eigenvalue weighted by molar-refractivity contribution is 5.15. The molecule has 0 saturated heterocycles. The third-order valence-corrected chi connectivity index (χ3v) is 2.64. The van der Waals surface area contributed by atoms with Crippen LogP contribution in [0.2, 0.25) is 0 Å². The van der Waals surface area contributed by atoms with E-state index in [1.807, 2.05) is 0 Å². The van der Waals surface area contributed by atoms with Crippen molar-refractivity contribution in [3.63, 3.8) is 0 Å². The summed E-state index contributed by atoms with van der Waals surface area (Å²) < 4.78 is 0. The molecule has 0 aromatic carbocycles. The lowest BCUT2D eigenvalue weighted by Gasteiger charge is -2.34. The number of nitrogens with two attached hydrogens (primary N) is 1. The largest absolute Gasteiger partial charge is 0.324 e. The summed E-state index contributed by atoms with van der Waals surface area (Å²) >= 11 is 0. The highest BCUT2D eigenvalue weighted by atomic mass is 14.6. The third-order valence-electron chi connectivity index (χ3n) is 2.64. The Balaban J connectivity index is 2.76. The van der Waals surface area contributed by atoms with Crippen molar-refractivity contribution in [2.75, 3.05) is 0 Å². The van der Waals surface area contributed by atoms with Crippen molar-refractivity contribution in [1.82, 2.24) is 0 Å². The summed E-state index contributed by atoms with van der Waals surface area (Å²) in [6.45, 7) is 9.12. The van der Waals surface area contributed by atoms with E-state index in [9.17, 15) is 0 Å². The second kappa shape index (κ2) is 3.21. The lowest BCUT2D eigenvalue weighted by atomic mass is 9.73. The van der Waals surface area contributed by atoms with Gasteiger partial charge in [0.15, 0.2) is 0 Å². The Kier molecular flexibility index (Phi) is 2.62. The summed E-state index contributed by atoms with van der Waals surface area (Å²) in [4.78, 5) is 0. The molecule has 0 bridgehead atoms. The molecule has 2 N–H and O–H groups in total. The van der Waals surface area contributed by atoms with Gasteiger partial charge in [-0.15, -0.1) is 0 Å². The predicted octanol–water partition coefficient (Wildman–Crippen LogP) is 2.72. The van der Waals surface area contributed by atoms with Crippen molar-refractivity contribution in [1.29, 1.82) is 0 Å². The van der Waals surface area contributed by atoms with Crippen LogP contribution in [0.3, 0.4) is 0 Å². The van der Waals surface area contributed by atoms with Gasteiger partial charge in [0.05, 0.1) is 0 Å². The maximum absolute atomic E-state index is 5.96. The molecule has 0 aromatic heterocycles. The average Bonchev–Trinajstić information content (AvgIpc) is 1.82. The summed E-state index contributed by atoms with van der Waals surface area (Å²) in [7, 11) is 0. The zero-order valence-corrected chi connectivity index (χ0v) is 8.72. The van der Waals surface area contributed by atoms with Gasteiger partial charge in [-0.3, -0.25) is 0 Å². The molecule has 1 nitrogen and oxygen atoms in total. The highest BCUT2D eigenvalue weighted by Gasteiger charge is 2.27. The van der Waals surface area contributed by atoms with Crippen LogP contribution < -0.4 is 5.73 Å². The Morgan fingerprint density at radius 2 is 2.08 bits per heavy atom. The second-order valence-corrected chi connectivity index (χ2v) is 5.11. The first-order chi connectivity index (χ1) is 5.41. The molecule has 1 aliphatic rings. The van der Waals surface area contributed by atoms with Gasteiger partial charge in [-0.1, -0.05) is 39.3 Å². The zero-order valence-electron chi connectivity index (χ0n) is 8.72. The smallest absolute Gasteiger partial charge is 0.0231 e. The molecular weight excluding hydrogens is 146 g/mol. The van der Waals surface area contributed by atoms with Gasteiger partial charge < -0.3 is 5.73 Å². The highest BCUT2D eigenvalue weighted by Crippen LogP contribution is 2.37. The molecule has 0 radical (unpaired) electrons. The molecular formula is C11H21N. The fourth-order valence-corrected chi connectivity index (χ4v) is 2.05. The molecule has 0 saturated carbocycles. The van der Waals surface area contributed by atoms with E-state index >= 15 is 0 Å². The van der Waals surface area contributed by atoms with Gasteiger partial charge in [0, 0.05) is 6.04 Å². The Morgan fingerprint density at radius 1 is 1.50 bits per heavy atom. The summed E-state index contributed by atoms with van der Waals surface area (Å²) in [5.74, 6) is 0.663. The van der Waals surface area contributed by atoms with Crippen molar-refractivity contribution >= 4 is 0 Å². The van der Waals surface area contributed by atoms with Crippen molar-refractivity contribution in [2.24, 2.45) is 17.1 Å². The molecule has 0 heterocycles. The van der Waals surface area contributed by atoms with Crippen LogP contribution in [0.1, 0.15) is 40.5 Å². The molecule has 1 atom stereocenters. The first-order valence-electron chi connectivity index (χ1n) is 4.87. The fourth-order valence-electron chi connectivity index (χ4n) is 2.05. The van der Waals surface area contributed by atoms with Crippen LogP contribution in [0.25, 0.3) is 0 Å². The maximum atomic E-state index is 5.96. The van der Waals surface area contributed by atoms with Gasteiger partial charge in [0.25, 0.3) is 0 Å². The summed E-state index contributed by atoms with van der Waals surface area (Å²) in [5.41, 5.74) is 7.91. The minimum atomic E-state index is 0.283. The monoisotopic (exact) mass is 167 g/mol. The van der Waals surface area contributed by atoms with E-state index in [1.165, 1.54) is 6.42 Å². The van der Waals surface area contributed by atoms with Crippen LogP contribution >= 0.6 is 0 Å². The first-order valence-corrected chi connectivity index (χ1v) is 4.87. The van der Waals surface area contributed by atoms with E-state index in [2.05, 4.69) is 33.8 Å². The van der Waals surface area contributed by atoms with Crippen molar-refractivity contribution in [3.8, 4) is 0 Å². The molecule has 0 amide bonds. The van der Waals surface area contributed by atoms with Crippen LogP contribution in [0, 0.1) is 11.3 Å². The topological polar surface area (TPSA) is 26.0 Å². The normalized spacial score (nSPS) is 28.8. The zero-order chi connectivity index (χ0) is 9.35. The van der Waals surface area contributed by atoms with Gasteiger partial charge in [-0.25, -0.2) is 0 Å². The molecule has 0 spiro atoms. The van der Waals surface area contributed by atoms with Crippen molar-refractivity contribution in [2.45, 2.75) is 46.6 Å². The van der Waals surface area contributed by atoms with E-state index in [0.717, 1.165) is 6.42 Å². The second-order valence-electron chi connectivity index (χ2n) is 5.11. The Bertz CT molecular complexity index is 189. The predicted molar refractivity (Wildman–Crippen MR) is 53.9 cm³/mol. The van der Waals surface area contributed by atoms with Crippen LogP contribution in [0.15, 0.2) is 11.6 Å². The van der Waals surface area contributed by atoms with E-state index in [4.69, 9.17) is 5.73 Å². The van der Waals surface area contributed by atoms with Crippen LogP contribution in [0.4, 0.5) is 0 Å². The average molecular weight is 167 g/mol. The minimum Gasteiger partial charge on any atom is -0.324 e. The molecule has 70 valence electrons. The lowest BCUT2D eigenvalue weighted by molar-refractivity contribution is 0.291. The third kappa shape index (κ3) is 2.34. The molecule has 1 unspecified atom stereocenters. The molecule has 0 fully saturated rings. The first kappa shape index (κ1) is 9.79. The van der Waals surface area contributed by atoms with Crippen LogP contribution in [0.5, 0.6) is 0 Å². The summed E-state index contributed by atoms with van der Waals surface area (Å²) in [5, 5.41) is 0. The molecule has 1 rings (SSSR count). The van der Waals surface area contributed by atoms with Crippen molar-refractivity contribution in [3.05, 3.63) is 11.6 Å². The standard InChI is InChI=1S/C11H21N/c1-8(2)9-5-10(12)7-11(3,4)6-9/h5,8,10H,6-7,12H2,1-4H3. The van der Waals surface area contributed by atoms with Gasteiger partial charge in [-0.05, 0) is 24.2 Å². The van der Waals surface area contributed by atoms with E-state index in [0.29, 0.717) is 11.3 Å². The van der Waals surface area contributed by atoms with Crippen molar-refractivity contribution < 1.29 is 0 Å². The fraction of sp³-hybridized carbons (Fsp3) is 0.818. The number of hydrogen-bond donors (Lipinski definition) is 1. The quantitative estimate of drug-likeness (QED) is 0.597. The van der Waals surface area contributed by atoms with Crippen LogP contribution in [-0.4, -0.2) is 6.04 Å². The number of hydrogen-bond acceptors (Lipinski definition) is 1. The molecule has 0 aromatic rings. The number of rotatable bonds is 1. The molecule has 1 heteroatoms. The minimum absolute atomic E-state index is 0.283. The van der Waals surface area contributed by atoms with E-state index in [1.54, 1.807) is 5.57 Å².